The fourth-order valence-electron chi connectivity index (χ4n) is 4.13. The number of amides is 1. The molecule has 0 saturated carbocycles. The lowest BCUT2D eigenvalue weighted by Crippen LogP contribution is -2.12. The molecule has 0 spiro atoms. The van der Waals surface area contributed by atoms with Gasteiger partial charge in [0.2, 0.25) is 0 Å². The van der Waals surface area contributed by atoms with E-state index in [1.165, 1.54) is 5.56 Å². The van der Waals surface area contributed by atoms with Crippen molar-refractivity contribution in [2.24, 2.45) is 0 Å². The van der Waals surface area contributed by atoms with E-state index in [0.717, 1.165) is 22.4 Å². The Balaban J connectivity index is 1.35. The van der Waals surface area contributed by atoms with Gasteiger partial charge in [0.1, 0.15) is 30.4 Å². The molecule has 0 saturated heterocycles. The predicted octanol–water partition coefficient (Wildman–Crippen LogP) is 7.61. The first-order chi connectivity index (χ1) is 19.0. The highest BCUT2D eigenvalue weighted by molar-refractivity contribution is 6.03. The van der Waals surface area contributed by atoms with Crippen LogP contribution in [0.4, 0.5) is 5.69 Å². The number of hydrogen-bond acceptors (Lipinski definition) is 4. The molecule has 0 fully saturated rings. The van der Waals surface area contributed by atoms with Gasteiger partial charge in [0.15, 0.2) is 0 Å². The quantitative estimate of drug-likeness (QED) is 0.200. The number of carbonyl (C=O) groups excluding carboxylic acids is 1. The largest absolute Gasteiger partial charge is 0.489 e. The number of aromatic nitrogens is 2. The molecule has 0 unspecified atom stereocenters. The number of H-pyrrole nitrogens is 1. The summed E-state index contributed by atoms with van der Waals surface area (Å²) in [5.74, 6) is 1.47. The second-order valence-corrected chi connectivity index (χ2v) is 9.60. The molecule has 6 nitrogen and oxygen atoms in total. The second-order valence-electron chi connectivity index (χ2n) is 9.60. The number of aromatic amines is 1. The topological polar surface area (TPSA) is 76.2 Å². The van der Waals surface area contributed by atoms with E-state index in [1.54, 1.807) is 6.07 Å². The van der Waals surface area contributed by atoms with E-state index < -0.39 is 0 Å². The van der Waals surface area contributed by atoms with Gasteiger partial charge in [0.25, 0.3) is 5.91 Å². The molecule has 4 aromatic carbocycles. The van der Waals surface area contributed by atoms with Gasteiger partial charge in [-0.05, 0) is 52.9 Å². The lowest BCUT2D eigenvalue weighted by Gasteiger charge is -2.13. The molecular formula is C33H31N3O3. The van der Waals surface area contributed by atoms with Gasteiger partial charge in [-0.15, -0.1) is 0 Å². The smallest absolute Gasteiger partial charge is 0.273 e. The number of ether oxygens (including phenoxy) is 2. The SMILES string of the molecule is CC(C)c1ccc(NC(=O)c2cc(-c3ccc(OCc4ccccc4)cc3OCc3ccccc3)n[nH]2)cc1. The molecule has 0 atom stereocenters. The molecule has 196 valence electrons. The predicted molar refractivity (Wildman–Crippen MR) is 154 cm³/mol. The molecule has 0 aliphatic heterocycles. The Bertz CT molecular complexity index is 1510. The molecule has 2 N–H and O–H groups in total. The van der Waals surface area contributed by atoms with E-state index in [4.69, 9.17) is 9.47 Å². The lowest BCUT2D eigenvalue weighted by molar-refractivity contribution is 0.102. The van der Waals surface area contributed by atoms with Crippen LogP contribution in [-0.2, 0) is 13.2 Å². The number of anilines is 1. The molecule has 1 aromatic heterocycles. The van der Waals surface area contributed by atoms with E-state index in [1.807, 2.05) is 103 Å². The van der Waals surface area contributed by atoms with Gasteiger partial charge in [-0.3, -0.25) is 9.89 Å². The van der Waals surface area contributed by atoms with Crippen LogP contribution < -0.4 is 14.8 Å². The zero-order valence-electron chi connectivity index (χ0n) is 22.1. The van der Waals surface area contributed by atoms with E-state index in [9.17, 15) is 4.79 Å². The maximum absolute atomic E-state index is 12.9. The van der Waals surface area contributed by atoms with Crippen molar-refractivity contribution in [3.8, 4) is 22.8 Å². The van der Waals surface area contributed by atoms with E-state index in [0.29, 0.717) is 42.0 Å². The summed E-state index contributed by atoms with van der Waals surface area (Å²) in [5.41, 5.74) is 5.79. The van der Waals surface area contributed by atoms with Gasteiger partial charge >= 0.3 is 0 Å². The van der Waals surface area contributed by atoms with Crippen LogP contribution >= 0.6 is 0 Å². The Labute approximate surface area is 228 Å². The van der Waals surface area contributed by atoms with Crippen LogP contribution in [0, 0.1) is 0 Å². The molecule has 39 heavy (non-hydrogen) atoms. The Morgan fingerprint density at radius 3 is 2.08 bits per heavy atom. The Morgan fingerprint density at radius 2 is 1.44 bits per heavy atom. The lowest BCUT2D eigenvalue weighted by atomic mass is 10.0. The summed E-state index contributed by atoms with van der Waals surface area (Å²) in [6.07, 6.45) is 0. The van der Waals surface area contributed by atoms with Crippen LogP contribution in [0.15, 0.2) is 109 Å². The number of rotatable bonds is 10. The first-order valence-corrected chi connectivity index (χ1v) is 13.0. The molecule has 0 aliphatic rings. The highest BCUT2D eigenvalue weighted by Gasteiger charge is 2.16. The standard InChI is InChI=1S/C33H31N3O3/c1-23(2)26-13-15-27(16-14-26)34-33(37)31-20-30(35-36-31)29-18-17-28(38-21-24-9-5-3-6-10-24)19-32(29)39-22-25-11-7-4-8-12-25/h3-20,23H,21-22H2,1-2H3,(H,34,37)(H,35,36). The van der Waals surface area contributed by atoms with Crippen LogP contribution in [-0.4, -0.2) is 16.1 Å². The highest BCUT2D eigenvalue weighted by atomic mass is 16.5. The summed E-state index contributed by atoms with van der Waals surface area (Å²) in [4.78, 5) is 12.9. The minimum Gasteiger partial charge on any atom is -0.489 e. The van der Waals surface area contributed by atoms with Crippen LogP contribution in [0.1, 0.15) is 46.9 Å². The van der Waals surface area contributed by atoms with Crippen LogP contribution in [0.3, 0.4) is 0 Å². The molecule has 0 aliphatic carbocycles. The van der Waals surface area contributed by atoms with Crippen LogP contribution in [0.25, 0.3) is 11.3 Å². The van der Waals surface area contributed by atoms with Crippen molar-refractivity contribution in [1.82, 2.24) is 10.2 Å². The van der Waals surface area contributed by atoms with Gasteiger partial charge in [-0.1, -0.05) is 86.6 Å². The van der Waals surface area contributed by atoms with E-state index in [2.05, 4.69) is 29.4 Å². The molecule has 0 bridgehead atoms. The zero-order chi connectivity index (χ0) is 27.0. The molecule has 6 heteroatoms. The molecule has 5 aromatic rings. The number of carbonyl (C=O) groups is 1. The summed E-state index contributed by atoms with van der Waals surface area (Å²) in [7, 11) is 0. The van der Waals surface area contributed by atoms with E-state index >= 15 is 0 Å². The molecule has 0 radical (unpaired) electrons. The summed E-state index contributed by atoms with van der Waals surface area (Å²) >= 11 is 0. The first kappa shape index (κ1) is 25.8. The molecular weight excluding hydrogens is 486 g/mol. The Hall–Kier alpha value is -4.84. The normalized spacial score (nSPS) is 10.8. The number of benzene rings is 4. The van der Waals surface area contributed by atoms with Crippen LogP contribution in [0.2, 0.25) is 0 Å². The van der Waals surface area contributed by atoms with Gasteiger partial charge in [0, 0.05) is 17.3 Å². The molecule has 1 amide bonds. The molecule has 5 rings (SSSR count). The van der Waals surface area contributed by atoms with Crippen molar-refractivity contribution in [2.45, 2.75) is 33.0 Å². The fraction of sp³-hybridized carbons (Fsp3) is 0.152. The Kier molecular flexibility index (Phi) is 8.03. The number of nitrogens with zero attached hydrogens (tertiary/aromatic N) is 1. The fourth-order valence-corrected chi connectivity index (χ4v) is 4.13. The molecule has 1 heterocycles. The summed E-state index contributed by atoms with van der Waals surface area (Å²) in [6.45, 7) is 5.11. The van der Waals surface area contributed by atoms with Crippen molar-refractivity contribution in [1.29, 1.82) is 0 Å². The second kappa shape index (κ2) is 12.1. The zero-order valence-corrected chi connectivity index (χ0v) is 22.1. The van der Waals surface area contributed by atoms with Gasteiger partial charge in [0.05, 0.1) is 5.69 Å². The summed E-state index contributed by atoms with van der Waals surface area (Å²) in [6, 6.07) is 35.2. The van der Waals surface area contributed by atoms with Gasteiger partial charge in [-0.25, -0.2) is 0 Å². The number of hydrogen-bond donors (Lipinski definition) is 2. The van der Waals surface area contributed by atoms with Gasteiger partial charge in [-0.2, -0.15) is 5.10 Å². The maximum Gasteiger partial charge on any atom is 0.273 e. The third-order valence-electron chi connectivity index (χ3n) is 6.37. The van der Waals surface area contributed by atoms with Crippen molar-refractivity contribution >= 4 is 11.6 Å². The first-order valence-electron chi connectivity index (χ1n) is 13.0. The minimum atomic E-state index is -0.263. The van der Waals surface area contributed by atoms with Crippen molar-refractivity contribution in [3.05, 3.63) is 132 Å². The highest BCUT2D eigenvalue weighted by Crippen LogP contribution is 2.34. The average molecular weight is 518 g/mol. The van der Waals surface area contributed by atoms with Crippen molar-refractivity contribution < 1.29 is 14.3 Å². The summed E-state index contributed by atoms with van der Waals surface area (Å²) in [5, 5.41) is 10.2. The number of nitrogens with one attached hydrogen (secondary N) is 2. The Morgan fingerprint density at radius 1 is 0.795 bits per heavy atom. The maximum atomic E-state index is 12.9. The van der Waals surface area contributed by atoms with Crippen molar-refractivity contribution in [2.75, 3.05) is 5.32 Å². The summed E-state index contributed by atoms with van der Waals surface area (Å²) < 4.78 is 12.3. The van der Waals surface area contributed by atoms with Gasteiger partial charge < -0.3 is 14.8 Å². The third-order valence-corrected chi connectivity index (χ3v) is 6.37. The van der Waals surface area contributed by atoms with Crippen LogP contribution in [0.5, 0.6) is 11.5 Å². The average Bonchev–Trinajstić information content (AvgIpc) is 3.47. The van der Waals surface area contributed by atoms with Crippen molar-refractivity contribution in [3.63, 3.8) is 0 Å². The van der Waals surface area contributed by atoms with E-state index in [-0.39, 0.29) is 5.91 Å². The third kappa shape index (κ3) is 6.73. The monoisotopic (exact) mass is 517 g/mol. The minimum absolute atomic E-state index is 0.263.